The van der Waals surface area contributed by atoms with Crippen LogP contribution in [-0.4, -0.2) is 28.5 Å². The first-order chi connectivity index (χ1) is 6.85. The Morgan fingerprint density at radius 1 is 1.64 bits per heavy atom. The lowest BCUT2D eigenvalue weighted by Crippen LogP contribution is -2.41. The first-order valence-electron chi connectivity index (χ1n) is 5.09. The van der Waals surface area contributed by atoms with Gasteiger partial charge in [-0.25, -0.2) is 9.69 Å². The number of ether oxygens (including phenoxy) is 1. The molecule has 0 aromatic heterocycles. The van der Waals surface area contributed by atoms with E-state index in [1.165, 1.54) is 6.08 Å². The number of carbonyl (C=O) groups is 2. The van der Waals surface area contributed by atoms with Crippen molar-refractivity contribution < 1.29 is 15.7 Å². The lowest BCUT2D eigenvalue weighted by molar-refractivity contribution is -0.125. The Hall–Kier alpha value is -1.32. The van der Waals surface area contributed by atoms with E-state index in [1.54, 1.807) is 26.8 Å². The maximum Gasteiger partial charge on any atom is 0.417 e. The summed E-state index contributed by atoms with van der Waals surface area (Å²) in [6.07, 6.45) is 2.15. The van der Waals surface area contributed by atoms with E-state index < -0.39 is 23.6 Å². The molecule has 4 nitrogen and oxygen atoms in total. The molecule has 0 bridgehead atoms. The third-order valence-corrected chi connectivity index (χ3v) is 1.62. The first-order valence-corrected chi connectivity index (χ1v) is 4.39. The van der Waals surface area contributed by atoms with E-state index in [1.807, 2.05) is 0 Å². The van der Waals surface area contributed by atoms with Gasteiger partial charge < -0.3 is 4.74 Å². The van der Waals surface area contributed by atoms with Crippen LogP contribution in [0.3, 0.4) is 0 Å². The van der Waals surface area contributed by atoms with Gasteiger partial charge in [0, 0.05) is 7.45 Å². The number of amides is 2. The molecule has 2 amide bonds. The van der Waals surface area contributed by atoms with Gasteiger partial charge in [-0.3, -0.25) is 4.79 Å². The van der Waals surface area contributed by atoms with Gasteiger partial charge in [0.1, 0.15) is 5.60 Å². The second-order valence-electron chi connectivity index (χ2n) is 4.12. The Kier molecular flexibility index (Phi) is 2.27. The first kappa shape index (κ1) is 9.24. The molecule has 0 saturated carbocycles. The maximum atomic E-state index is 11.6. The summed E-state index contributed by atoms with van der Waals surface area (Å²) < 4.78 is 12.3. The molecule has 0 unspecified atom stereocenters. The summed E-state index contributed by atoms with van der Waals surface area (Å²) in [5, 5.41) is 0. The average Bonchev–Trinajstić information content (AvgIpc) is 2.43. The van der Waals surface area contributed by atoms with Crippen LogP contribution in [0.25, 0.3) is 0 Å². The molecule has 0 aromatic carbocycles. The highest BCUT2D eigenvalue weighted by molar-refractivity contribution is 6.01. The van der Waals surface area contributed by atoms with Crippen LogP contribution in [0, 0.1) is 0 Å². The monoisotopic (exact) mass is 199 g/mol. The minimum absolute atomic E-state index is 0.0402. The van der Waals surface area contributed by atoms with Crippen LogP contribution in [0.5, 0.6) is 0 Å². The molecule has 78 valence electrons. The van der Waals surface area contributed by atoms with E-state index >= 15 is 0 Å². The average molecular weight is 199 g/mol. The van der Waals surface area contributed by atoms with Crippen molar-refractivity contribution in [2.24, 2.45) is 0 Å². The van der Waals surface area contributed by atoms with Crippen molar-refractivity contribution in [2.45, 2.75) is 39.3 Å². The molecule has 4 heteroatoms. The molecule has 1 aliphatic rings. The highest BCUT2D eigenvalue weighted by Crippen LogP contribution is 2.16. The highest BCUT2D eigenvalue weighted by Gasteiger charge is 2.32. The van der Waals surface area contributed by atoms with Gasteiger partial charge in [0.05, 0.1) is 6.04 Å². The summed E-state index contributed by atoms with van der Waals surface area (Å²) in [6.45, 7) is 5.15. The van der Waals surface area contributed by atoms with Gasteiger partial charge >= 0.3 is 6.09 Å². The van der Waals surface area contributed by atoms with Crippen LogP contribution >= 0.6 is 0 Å². The molecule has 0 spiro atoms. The van der Waals surface area contributed by atoms with Crippen molar-refractivity contribution in [3.63, 3.8) is 0 Å². The number of hydrogen-bond acceptors (Lipinski definition) is 3. The van der Waals surface area contributed by atoms with Crippen molar-refractivity contribution in [1.29, 1.82) is 0 Å². The predicted octanol–water partition coefficient (Wildman–Crippen LogP) is 1.71. The predicted molar refractivity (Wildman–Crippen MR) is 51.7 cm³/mol. The maximum absolute atomic E-state index is 11.6. The van der Waals surface area contributed by atoms with Gasteiger partial charge in [-0.1, -0.05) is 6.08 Å². The summed E-state index contributed by atoms with van der Waals surface area (Å²) in [7, 11) is 0. The fourth-order valence-corrected chi connectivity index (χ4v) is 1.06. The molecule has 0 aliphatic carbocycles. The summed E-state index contributed by atoms with van der Waals surface area (Å²) in [5.74, 6) is -0.415. The van der Waals surface area contributed by atoms with Gasteiger partial charge in [-0.15, -0.1) is 0 Å². The Morgan fingerprint density at radius 3 is 2.79 bits per heavy atom. The second kappa shape index (κ2) is 3.44. The Labute approximate surface area is 84.9 Å². The second-order valence-corrected chi connectivity index (χ2v) is 4.12. The van der Waals surface area contributed by atoms with E-state index in [4.69, 9.17) is 6.11 Å². The minimum atomic E-state index is -0.685. The SMILES string of the molecule is [3H]C[C@@H]1C=CC(=O)N1C(=O)OC(C)(C)C. The Bertz CT molecular complexity index is 306. The zero-order chi connectivity index (χ0) is 11.6. The standard InChI is InChI=1S/C10H15NO3/c1-7-5-6-8(12)11(7)9(13)14-10(2,3)4/h5-7H,1-4H3/t7-/m1/s1/i1T. The molecule has 0 radical (unpaired) electrons. The number of rotatable bonds is 0. The fourth-order valence-electron chi connectivity index (χ4n) is 1.06. The molecular weight excluding hydrogens is 182 g/mol. The van der Waals surface area contributed by atoms with E-state index in [9.17, 15) is 9.59 Å². The van der Waals surface area contributed by atoms with Crippen molar-refractivity contribution in [3.8, 4) is 0 Å². The molecule has 1 atom stereocenters. The number of hydrogen-bond donors (Lipinski definition) is 0. The lowest BCUT2D eigenvalue weighted by atomic mass is 10.2. The fraction of sp³-hybridized carbons (Fsp3) is 0.600. The topological polar surface area (TPSA) is 46.6 Å². The molecule has 1 aliphatic heterocycles. The zero-order valence-corrected chi connectivity index (χ0v) is 8.61. The zero-order valence-electron chi connectivity index (χ0n) is 9.61. The molecule has 14 heavy (non-hydrogen) atoms. The third-order valence-electron chi connectivity index (χ3n) is 1.62. The van der Waals surface area contributed by atoms with Gasteiger partial charge in [0.25, 0.3) is 5.91 Å². The molecule has 1 rings (SSSR count). The molecule has 0 N–H and O–H groups in total. The summed E-state index contributed by atoms with van der Waals surface area (Å²) in [5.41, 5.74) is -0.632. The van der Waals surface area contributed by atoms with E-state index in [0.29, 0.717) is 0 Å². The van der Waals surface area contributed by atoms with E-state index in [-0.39, 0.29) is 6.90 Å². The van der Waals surface area contributed by atoms with Crippen LogP contribution in [0.1, 0.15) is 29.0 Å². The molecule has 0 fully saturated rings. The van der Waals surface area contributed by atoms with Crippen LogP contribution in [-0.2, 0) is 9.53 Å². The highest BCUT2D eigenvalue weighted by atomic mass is 16.6. The van der Waals surface area contributed by atoms with Gasteiger partial charge in [-0.05, 0) is 27.7 Å². The van der Waals surface area contributed by atoms with Gasteiger partial charge in [0.2, 0.25) is 0 Å². The van der Waals surface area contributed by atoms with Gasteiger partial charge in [0.15, 0.2) is 0 Å². The van der Waals surface area contributed by atoms with Crippen molar-refractivity contribution >= 4 is 12.0 Å². The molecule has 0 aromatic rings. The van der Waals surface area contributed by atoms with E-state index in [2.05, 4.69) is 0 Å². The molecular formula is C10H15NO3. The summed E-state index contributed by atoms with van der Waals surface area (Å²) >= 11 is 0. The van der Waals surface area contributed by atoms with Crippen LogP contribution in [0.2, 0.25) is 0 Å². The summed E-state index contributed by atoms with van der Waals surface area (Å²) in [6, 6.07) is -0.493. The Balaban J connectivity index is 2.71. The van der Waals surface area contributed by atoms with Crippen molar-refractivity contribution in [1.82, 2.24) is 4.90 Å². The van der Waals surface area contributed by atoms with Crippen LogP contribution in [0.15, 0.2) is 12.2 Å². The minimum Gasteiger partial charge on any atom is -0.443 e. The Morgan fingerprint density at radius 2 is 2.29 bits per heavy atom. The number of imide groups is 1. The van der Waals surface area contributed by atoms with Crippen molar-refractivity contribution in [3.05, 3.63) is 12.2 Å². The number of carbonyl (C=O) groups excluding carboxylic acids is 2. The normalized spacial score (nSPS) is 22.5. The number of nitrogens with zero attached hydrogens (tertiary/aromatic N) is 1. The quantitative estimate of drug-likeness (QED) is 0.596. The molecule has 0 saturated heterocycles. The largest absolute Gasteiger partial charge is 0.443 e. The van der Waals surface area contributed by atoms with Crippen LogP contribution < -0.4 is 0 Å². The summed E-state index contributed by atoms with van der Waals surface area (Å²) in [4.78, 5) is 23.9. The van der Waals surface area contributed by atoms with Gasteiger partial charge in [-0.2, -0.15) is 0 Å². The smallest absolute Gasteiger partial charge is 0.417 e. The van der Waals surface area contributed by atoms with E-state index in [0.717, 1.165) is 4.90 Å². The van der Waals surface area contributed by atoms with Crippen LogP contribution in [0.4, 0.5) is 4.79 Å². The third kappa shape index (κ3) is 2.34. The lowest BCUT2D eigenvalue weighted by Gasteiger charge is -2.25. The molecule has 1 heterocycles. The van der Waals surface area contributed by atoms with Crippen molar-refractivity contribution in [2.75, 3.05) is 0 Å².